The molecule has 3 aliphatic rings. The van der Waals surface area contributed by atoms with Gasteiger partial charge in [0.25, 0.3) is 0 Å². The van der Waals surface area contributed by atoms with Gasteiger partial charge < -0.3 is 14.5 Å². The summed E-state index contributed by atoms with van der Waals surface area (Å²) in [6, 6.07) is 8.47. The molecule has 2 heterocycles. The number of fused-ring (bicyclic) bond motifs is 1. The number of para-hydroxylation sites is 2. The lowest BCUT2D eigenvalue weighted by atomic mass is 9.86. The summed E-state index contributed by atoms with van der Waals surface area (Å²) >= 11 is 0. The summed E-state index contributed by atoms with van der Waals surface area (Å²) in [6.07, 6.45) is 7.39. The van der Waals surface area contributed by atoms with Crippen LogP contribution in [0.15, 0.2) is 36.4 Å². The van der Waals surface area contributed by atoms with Crippen LogP contribution in [0.25, 0.3) is 0 Å². The van der Waals surface area contributed by atoms with E-state index in [0.29, 0.717) is 0 Å². The van der Waals surface area contributed by atoms with Crippen LogP contribution in [0.3, 0.4) is 0 Å². The Labute approximate surface area is 158 Å². The van der Waals surface area contributed by atoms with Crippen LogP contribution < -0.4 is 9.64 Å². The fraction of sp³-hybridized carbons (Fsp3) is 0.636. The molecule has 1 aromatic carbocycles. The normalized spacial score (nSPS) is 26.9. The average Bonchev–Trinajstić information content (AvgIpc) is 3.11. The summed E-state index contributed by atoms with van der Waals surface area (Å²) in [5.41, 5.74) is 1.25. The lowest BCUT2D eigenvalue weighted by Gasteiger charge is -2.37. The molecule has 0 spiro atoms. The molecule has 26 heavy (non-hydrogen) atoms. The van der Waals surface area contributed by atoms with Crippen LogP contribution >= 0.6 is 0 Å². The third-order valence-corrected chi connectivity index (χ3v) is 6.31. The summed E-state index contributed by atoms with van der Waals surface area (Å²) in [5, 5.41) is 0. The molecule has 2 aliphatic heterocycles. The van der Waals surface area contributed by atoms with E-state index in [2.05, 4.69) is 58.0 Å². The second-order valence-electron chi connectivity index (χ2n) is 7.95. The Morgan fingerprint density at radius 3 is 2.23 bits per heavy atom. The highest BCUT2D eigenvalue weighted by atomic mass is 16.5. The molecule has 2 fully saturated rings. The van der Waals surface area contributed by atoms with Gasteiger partial charge in [0.05, 0.1) is 12.3 Å². The van der Waals surface area contributed by atoms with Crippen molar-refractivity contribution in [1.82, 2.24) is 9.80 Å². The van der Waals surface area contributed by atoms with E-state index in [9.17, 15) is 0 Å². The van der Waals surface area contributed by atoms with E-state index in [-0.39, 0.29) is 0 Å². The van der Waals surface area contributed by atoms with Crippen molar-refractivity contribution in [3.63, 3.8) is 0 Å². The van der Waals surface area contributed by atoms with Crippen LogP contribution in [0.4, 0.5) is 5.69 Å². The number of hydrogen-bond acceptors (Lipinski definition) is 4. The lowest BCUT2D eigenvalue weighted by molar-refractivity contribution is 0.211. The molecule has 0 bridgehead atoms. The minimum atomic E-state index is 0.727. The van der Waals surface area contributed by atoms with Crippen molar-refractivity contribution in [3.05, 3.63) is 36.4 Å². The standard InChI is InChI=1S/C22H33N3O/c1-2-26-22-10-6-5-9-21(22)25-15-13-23(14-16-25)11-12-24-17-19-7-3-4-8-20(19)18-24/h3-6,9-10,19-20H,2,7-8,11-18H2,1H3. The molecule has 2 atom stereocenters. The number of allylic oxidation sites excluding steroid dienone is 2. The first-order valence-corrected chi connectivity index (χ1v) is 10.4. The van der Waals surface area contributed by atoms with E-state index >= 15 is 0 Å². The number of ether oxygens (including phenoxy) is 1. The molecule has 0 radical (unpaired) electrons. The molecule has 2 saturated heterocycles. The SMILES string of the molecule is CCOc1ccccc1N1CCN(CCN2CC3CC=CCC3C2)CC1. The third-order valence-electron chi connectivity index (χ3n) is 6.31. The van der Waals surface area contributed by atoms with Crippen LogP contribution in [0.5, 0.6) is 5.75 Å². The molecule has 4 heteroatoms. The van der Waals surface area contributed by atoms with Crippen molar-refractivity contribution < 1.29 is 4.74 Å². The second kappa shape index (κ2) is 8.45. The van der Waals surface area contributed by atoms with E-state index < -0.39 is 0 Å². The Balaban J connectivity index is 1.23. The number of hydrogen-bond donors (Lipinski definition) is 0. The third kappa shape index (κ3) is 4.07. The Bertz CT molecular complexity index is 593. The number of nitrogens with zero attached hydrogens (tertiary/aromatic N) is 3. The van der Waals surface area contributed by atoms with Gasteiger partial charge in [-0.05, 0) is 43.7 Å². The van der Waals surface area contributed by atoms with Crippen LogP contribution in [0.2, 0.25) is 0 Å². The molecule has 4 nitrogen and oxygen atoms in total. The quantitative estimate of drug-likeness (QED) is 0.730. The van der Waals surface area contributed by atoms with Gasteiger partial charge in [0.1, 0.15) is 5.75 Å². The first kappa shape index (κ1) is 17.9. The lowest BCUT2D eigenvalue weighted by Crippen LogP contribution is -2.48. The van der Waals surface area contributed by atoms with Gasteiger partial charge in [0, 0.05) is 52.4 Å². The fourth-order valence-corrected chi connectivity index (χ4v) is 4.79. The number of likely N-dealkylation sites (tertiary alicyclic amines) is 1. The predicted molar refractivity (Wildman–Crippen MR) is 108 cm³/mol. The maximum atomic E-state index is 5.81. The van der Waals surface area contributed by atoms with Crippen molar-refractivity contribution in [2.75, 3.05) is 63.9 Å². The summed E-state index contributed by atoms with van der Waals surface area (Å²) in [6.45, 7) is 12.4. The Kier molecular flexibility index (Phi) is 5.81. The van der Waals surface area contributed by atoms with E-state index in [4.69, 9.17) is 4.74 Å². The summed E-state index contributed by atoms with van der Waals surface area (Å²) in [4.78, 5) is 7.83. The molecular weight excluding hydrogens is 322 g/mol. The van der Waals surface area contributed by atoms with E-state index in [1.807, 2.05) is 0 Å². The van der Waals surface area contributed by atoms with E-state index in [1.165, 1.54) is 44.7 Å². The zero-order chi connectivity index (χ0) is 17.8. The fourth-order valence-electron chi connectivity index (χ4n) is 4.79. The van der Waals surface area contributed by atoms with Crippen LogP contribution in [-0.2, 0) is 0 Å². The first-order valence-electron chi connectivity index (χ1n) is 10.4. The van der Waals surface area contributed by atoms with Gasteiger partial charge in [-0.15, -0.1) is 0 Å². The predicted octanol–water partition coefficient (Wildman–Crippen LogP) is 3.11. The largest absolute Gasteiger partial charge is 0.492 e. The zero-order valence-corrected chi connectivity index (χ0v) is 16.1. The average molecular weight is 356 g/mol. The number of benzene rings is 1. The van der Waals surface area contributed by atoms with Gasteiger partial charge >= 0.3 is 0 Å². The summed E-state index contributed by atoms with van der Waals surface area (Å²) in [5.74, 6) is 2.87. The zero-order valence-electron chi connectivity index (χ0n) is 16.1. The molecule has 0 amide bonds. The highest BCUT2D eigenvalue weighted by Crippen LogP contribution is 2.32. The molecule has 0 saturated carbocycles. The molecule has 142 valence electrons. The monoisotopic (exact) mass is 355 g/mol. The van der Waals surface area contributed by atoms with E-state index in [0.717, 1.165) is 50.4 Å². The molecule has 4 rings (SSSR count). The highest BCUT2D eigenvalue weighted by molar-refractivity contribution is 5.58. The number of rotatable bonds is 6. The maximum absolute atomic E-state index is 5.81. The van der Waals surface area contributed by atoms with Gasteiger partial charge in [0.2, 0.25) is 0 Å². The van der Waals surface area contributed by atoms with Crippen molar-refractivity contribution in [2.24, 2.45) is 11.8 Å². The molecular formula is C22H33N3O. The minimum Gasteiger partial charge on any atom is -0.492 e. The van der Waals surface area contributed by atoms with Crippen LogP contribution in [-0.4, -0.2) is 68.8 Å². The Morgan fingerprint density at radius 2 is 1.54 bits per heavy atom. The second-order valence-corrected chi connectivity index (χ2v) is 7.95. The van der Waals surface area contributed by atoms with Crippen molar-refractivity contribution in [2.45, 2.75) is 19.8 Å². The van der Waals surface area contributed by atoms with Crippen LogP contribution in [0, 0.1) is 11.8 Å². The van der Waals surface area contributed by atoms with Crippen LogP contribution in [0.1, 0.15) is 19.8 Å². The van der Waals surface area contributed by atoms with Gasteiger partial charge in [0.15, 0.2) is 0 Å². The molecule has 2 unspecified atom stereocenters. The topological polar surface area (TPSA) is 19.0 Å². The van der Waals surface area contributed by atoms with Gasteiger partial charge in [-0.3, -0.25) is 4.90 Å². The Hall–Kier alpha value is -1.52. The number of anilines is 1. The molecule has 0 N–H and O–H groups in total. The number of piperazine rings is 1. The summed E-state index contributed by atoms with van der Waals surface area (Å²) < 4.78 is 5.81. The smallest absolute Gasteiger partial charge is 0.142 e. The molecule has 1 aliphatic carbocycles. The first-order chi connectivity index (χ1) is 12.8. The van der Waals surface area contributed by atoms with Gasteiger partial charge in [-0.1, -0.05) is 24.3 Å². The highest BCUT2D eigenvalue weighted by Gasteiger charge is 2.32. The van der Waals surface area contributed by atoms with Crippen molar-refractivity contribution in [1.29, 1.82) is 0 Å². The van der Waals surface area contributed by atoms with Crippen molar-refractivity contribution in [3.8, 4) is 5.75 Å². The minimum absolute atomic E-state index is 0.727. The summed E-state index contributed by atoms with van der Waals surface area (Å²) in [7, 11) is 0. The van der Waals surface area contributed by atoms with E-state index in [1.54, 1.807) is 0 Å². The van der Waals surface area contributed by atoms with Crippen molar-refractivity contribution >= 4 is 5.69 Å². The van der Waals surface area contributed by atoms with Gasteiger partial charge in [-0.25, -0.2) is 0 Å². The van der Waals surface area contributed by atoms with Gasteiger partial charge in [-0.2, -0.15) is 0 Å². The maximum Gasteiger partial charge on any atom is 0.142 e. The molecule has 0 aromatic heterocycles. The Morgan fingerprint density at radius 1 is 0.885 bits per heavy atom. The molecule has 1 aromatic rings.